The van der Waals surface area contributed by atoms with Crippen LogP contribution in [0, 0.1) is 11.8 Å². The quantitative estimate of drug-likeness (QED) is 0.0483. The first-order chi connectivity index (χ1) is 28.1. The maximum absolute atomic E-state index is 7.88. The average molecular weight is 845 g/mol. The molecule has 5 aromatic carbocycles. The van der Waals surface area contributed by atoms with Gasteiger partial charge in [-0.3, -0.25) is 9.80 Å². The molecule has 0 heterocycles. The van der Waals surface area contributed by atoms with Crippen LogP contribution >= 0.6 is 7.92 Å². The summed E-state index contributed by atoms with van der Waals surface area (Å²) in [5.74, 6) is 0.787. The van der Waals surface area contributed by atoms with E-state index in [-0.39, 0.29) is 23.8 Å². The molecule has 0 amide bonds. The Morgan fingerprint density at radius 2 is 0.661 bits per heavy atom. The topological polar surface area (TPSA) is 24.9 Å². The molecule has 0 saturated heterocycles. The Labute approximate surface area is 362 Å². The van der Waals surface area contributed by atoms with Gasteiger partial charge in [-0.25, -0.2) is 0 Å². The molecule has 0 aromatic heterocycles. The molecule has 4 nitrogen and oxygen atoms in total. The van der Waals surface area contributed by atoms with Crippen LogP contribution < -0.4 is 5.30 Å². The molecule has 7 heteroatoms. The van der Waals surface area contributed by atoms with E-state index in [0.29, 0.717) is 11.8 Å². The van der Waals surface area contributed by atoms with Crippen LogP contribution in [0.15, 0.2) is 152 Å². The van der Waals surface area contributed by atoms with Gasteiger partial charge in [-0.15, -0.1) is 0 Å². The van der Waals surface area contributed by atoms with Crippen LogP contribution in [-0.4, -0.2) is 50.2 Å². The first kappa shape index (κ1) is 46.9. The molecule has 0 unspecified atom stereocenters. The van der Waals surface area contributed by atoms with Crippen molar-refractivity contribution in [1.82, 2.24) is 9.80 Å². The molecule has 0 aliphatic heterocycles. The van der Waals surface area contributed by atoms with E-state index in [9.17, 15) is 0 Å². The maximum atomic E-state index is 7.88. The molecule has 316 valence electrons. The van der Waals surface area contributed by atoms with Crippen molar-refractivity contribution in [2.24, 2.45) is 11.8 Å². The van der Waals surface area contributed by atoms with Gasteiger partial charge >= 0.3 is 0 Å². The van der Waals surface area contributed by atoms with Crippen LogP contribution in [0.25, 0.3) is 0 Å². The van der Waals surface area contributed by atoms with E-state index in [1.807, 2.05) is 0 Å². The lowest BCUT2D eigenvalue weighted by Crippen LogP contribution is -2.54. The Balaban J connectivity index is 1.78. The summed E-state index contributed by atoms with van der Waals surface area (Å²) in [5.41, 5.74) is 5.32. The predicted octanol–water partition coefficient (Wildman–Crippen LogP) is 13.4. The summed E-state index contributed by atoms with van der Waals surface area (Å²) in [7, 11) is -5.37. The van der Waals surface area contributed by atoms with Crippen LogP contribution in [0.4, 0.5) is 0 Å². The second-order valence-corrected chi connectivity index (χ2v) is 30.4. The zero-order chi connectivity index (χ0) is 42.4. The van der Waals surface area contributed by atoms with Gasteiger partial charge in [0.2, 0.25) is 0 Å². The summed E-state index contributed by atoms with van der Waals surface area (Å²) in [6.07, 6.45) is 2.04. The Morgan fingerprint density at radius 3 is 0.898 bits per heavy atom. The molecule has 0 spiro atoms. The smallest absolute Gasteiger partial charge is 0.184 e. The van der Waals surface area contributed by atoms with Gasteiger partial charge in [0.15, 0.2) is 16.6 Å². The molecule has 4 atom stereocenters. The second kappa shape index (κ2) is 22.6. The average Bonchev–Trinajstić information content (AvgIpc) is 3.19. The lowest BCUT2D eigenvalue weighted by Gasteiger charge is -2.50. The normalized spacial score (nSPS) is 14.6. The standard InChI is InChI=1S/C52H73N2O2PSi2/c1-42(2)36-49(53(38-44-26-16-11-17-27-44)39-45-28-18-12-19-29-45)51(55-58(5,6)7)57(48-34-24-15-25-35-48)52(56-59(8,9)10)50(37-43(3)4)54(40-46-30-20-13-21-31-46)41-47-32-22-14-23-33-47/h11-35,42-43,49-52H,36-41H2,1-10H3/t49-,50-,51-,52-/m0/s1. The maximum Gasteiger partial charge on any atom is 0.184 e. The van der Waals surface area contributed by atoms with Crippen molar-refractivity contribution in [1.29, 1.82) is 0 Å². The Hall–Kier alpha value is -3.20. The SMILES string of the molecule is CC(C)C[C@@H]([C@@H](O[Si](C)(C)C)P(c1ccccc1)[C@H](O[Si](C)(C)C)[C@H](CC(C)C)N(Cc1ccccc1)Cc1ccccc1)N(Cc1ccccc1)Cc1ccccc1. The number of benzene rings is 5. The van der Waals surface area contributed by atoms with E-state index in [0.717, 1.165) is 39.0 Å². The van der Waals surface area contributed by atoms with Crippen molar-refractivity contribution in [3.63, 3.8) is 0 Å². The van der Waals surface area contributed by atoms with E-state index in [1.165, 1.54) is 27.6 Å². The highest BCUT2D eigenvalue weighted by Crippen LogP contribution is 2.54. The van der Waals surface area contributed by atoms with Gasteiger partial charge in [-0.1, -0.05) is 179 Å². The van der Waals surface area contributed by atoms with E-state index in [1.54, 1.807) is 0 Å². The van der Waals surface area contributed by atoms with E-state index in [2.05, 4.69) is 228 Å². The molecule has 0 N–H and O–H groups in total. The second-order valence-electron chi connectivity index (χ2n) is 19.1. The van der Waals surface area contributed by atoms with Gasteiger partial charge in [0, 0.05) is 38.3 Å². The van der Waals surface area contributed by atoms with Crippen LogP contribution in [-0.2, 0) is 35.0 Å². The lowest BCUT2D eigenvalue weighted by atomic mass is 10.0. The molecular formula is C52H73N2O2PSi2. The number of hydrogen-bond donors (Lipinski definition) is 0. The minimum atomic E-state index is -2.15. The third kappa shape index (κ3) is 15.7. The van der Waals surface area contributed by atoms with Crippen LogP contribution in [0.5, 0.6) is 0 Å². The van der Waals surface area contributed by atoms with Crippen molar-refractivity contribution in [2.75, 3.05) is 0 Å². The van der Waals surface area contributed by atoms with Crippen molar-refractivity contribution < 1.29 is 8.85 Å². The molecule has 0 aliphatic carbocycles. The summed E-state index contributed by atoms with van der Waals surface area (Å²) < 4.78 is 15.8. The molecule has 0 radical (unpaired) electrons. The fourth-order valence-corrected chi connectivity index (χ4v) is 15.4. The molecule has 0 saturated carbocycles. The van der Waals surface area contributed by atoms with Crippen LogP contribution in [0.3, 0.4) is 0 Å². The largest absolute Gasteiger partial charge is 0.409 e. The fourth-order valence-electron chi connectivity index (χ4n) is 8.11. The highest BCUT2D eigenvalue weighted by Gasteiger charge is 2.47. The number of rotatable bonds is 23. The first-order valence-electron chi connectivity index (χ1n) is 22.0. The van der Waals surface area contributed by atoms with E-state index >= 15 is 0 Å². The van der Waals surface area contributed by atoms with Crippen molar-refractivity contribution in [2.45, 2.75) is 130 Å². The van der Waals surface area contributed by atoms with Crippen molar-refractivity contribution >= 4 is 29.9 Å². The first-order valence-corrected chi connectivity index (χ1v) is 30.3. The van der Waals surface area contributed by atoms with Crippen LogP contribution in [0.1, 0.15) is 62.8 Å². The zero-order valence-corrected chi connectivity index (χ0v) is 40.7. The summed E-state index contributed by atoms with van der Waals surface area (Å²) in [4.78, 5) is 5.53. The summed E-state index contributed by atoms with van der Waals surface area (Å²) in [6, 6.07) is 56.0. The number of hydrogen-bond acceptors (Lipinski definition) is 4. The molecule has 0 fully saturated rings. The highest BCUT2D eigenvalue weighted by molar-refractivity contribution is 7.67. The Bertz CT molecular complexity index is 1680. The van der Waals surface area contributed by atoms with Gasteiger partial charge < -0.3 is 8.85 Å². The lowest BCUT2D eigenvalue weighted by molar-refractivity contribution is 0.0637. The highest BCUT2D eigenvalue weighted by atomic mass is 31.1. The minimum Gasteiger partial charge on any atom is -0.409 e. The molecule has 5 rings (SSSR count). The predicted molar refractivity (Wildman–Crippen MR) is 260 cm³/mol. The summed E-state index contributed by atoms with van der Waals surface area (Å²) in [5, 5.41) is 1.37. The van der Waals surface area contributed by atoms with Gasteiger partial charge in [0.25, 0.3) is 0 Å². The third-order valence-corrected chi connectivity index (χ3v) is 15.7. The minimum absolute atomic E-state index is 0.0693. The fraction of sp³-hybridized carbons (Fsp3) is 0.423. The monoisotopic (exact) mass is 844 g/mol. The van der Waals surface area contributed by atoms with E-state index < -0.39 is 24.6 Å². The van der Waals surface area contributed by atoms with Crippen molar-refractivity contribution in [3.05, 3.63) is 174 Å². The van der Waals surface area contributed by atoms with E-state index in [4.69, 9.17) is 8.85 Å². The van der Waals surface area contributed by atoms with Crippen molar-refractivity contribution in [3.8, 4) is 0 Å². The molecule has 59 heavy (non-hydrogen) atoms. The van der Waals surface area contributed by atoms with Crippen LogP contribution in [0.2, 0.25) is 39.3 Å². The van der Waals surface area contributed by atoms with Gasteiger partial charge in [-0.2, -0.15) is 0 Å². The van der Waals surface area contributed by atoms with Gasteiger partial charge in [0.05, 0.1) is 11.7 Å². The summed E-state index contributed by atoms with van der Waals surface area (Å²) >= 11 is 0. The Kier molecular flexibility index (Phi) is 17.9. The molecule has 5 aromatic rings. The van der Waals surface area contributed by atoms with Gasteiger partial charge in [0.1, 0.15) is 0 Å². The molecule has 0 bridgehead atoms. The zero-order valence-electron chi connectivity index (χ0n) is 37.8. The third-order valence-electron chi connectivity index (χ3n) is 10.5. The Morgan fingerprint density at radius 1 is 0.407 bits per heavy atom. The summed E-state index contributed by atoms with van der Waals surface area (Å²) in [6.45, 7) is 27.3. The number of nitrogens with zero attached hydrogens (tertiary/aromatic N) is 2. The van der Waals surface area contributed by atoms with Gasteiger partial charge in [-0.05, 0) is 99.4 Å². The molecule has 0 aliphatic rings. The molecular weight excluding hydrogens is 772 g/mol.